The molecule has 0 spiro atoms. The van der Waals surface area contributed by atoms with Gasteiger partial charge in [-0.05, 0) is 36.2 Å². The maximum absolute atomic E-state index is 14.7. The van der Waals surface area contributed by atoms with Crippen molar-refractivity contribution in [1.82, 2.24) is 25.2 Å². The zero-order valence-electron chi connectivity index (χ0n) is 19.4. The highest BCUT2D eigenvalue weighted by atomic mass is 19.1. The molecule has 3 N–H and O–H groups in total. The van der Waals surface area contributed by atoms with Crippen molar-refractivity contribution >= 4 is 22.7 Å². The lowest BCUT2D eigenvalue weighted by atomic mass is 10.0. The fourth-order valence-electron chi connectivity index (χ4n) is 3.87. The van der Waals surface area contributed by atoms with E-state index in [-0.39, 0.29) is 24.3 Å². The summed E-state index contributed by atoms with van der Waals surface area (Å²) in [5.74, 6) is -0.510. The monoisotopic (exact) mass is 461 g/mol. The third kappa shape index (κ3) is 5.01. The summed E-state index contributed by atoms with van der Waals surface area (Å²) in [6.45, 7) is 5.50. The van der Waals surface area contributed by atoms with Crippen LogP contribution in [0.5, 0.6) is 0 Å². The van der Waals surface area contributed by atoms with Gasteiger partial charge in [-0.25, -0.2) is 9.37 Å². The van der Waals surface area contributed by atoms with E-state index in [0.717, 1.165) is 16.5 Å². The number of halogens is 1. The molecule has 2 aromatic carbocycles. The van der Waals surface area contributed by atoms with Gasteiger partial charge in [-0.2, -0.15) is 0 Å². The minimum absolute atomic E-state index is 0.140. The minimum atomic E-state index is -0.758. The number of rotatable bonds is 8. The first-order chi connectivity index (χ1) is 16.3. The maximum atomic E-state index is 14.7. The summed E-state index contributed by atoms with van der Waals surface area (Å²) in [5, 5.41) is 6.70. The van der Waals surface area contributed by atoms with Crippen LogP contribution in [-0.2, 0) is 22.6 Å². The van der Waals surface area contributed by atoms with Gasteiger partial charge in [0, 0.05) is 48.4 Å². The van der Waals surface area contributed by atoms with E-state index in [1.54, 1.807) is 49.9 Å². The molecule has 176 valence electrons. The van der Waals surface area contributed by atoms with E-state index in [9.17, 15) is 14.0 Å². The van der Waals surface area contributed by atoms with Crippen molar-refractivity contribution in [1.29, 1.82) is 0 Å². The van der Waals surface area contributed by atoms with Crippen LogP contribution in [0.3, 0.4) is 0 Å². The number of imidazole rings is 1. The van der Waals surface area contributed by atoms with E-state index in [0.29, 0.717) is 23.5 Å². The first-order valence-corrected chi connectivity index (χ1v) is 11.3. The molecular weight excluding hydrogens is 433 g/mol. The standard InChI is InChI=1S/C26H28FN5O2/c1-16(2)25(33)31-23(13-19-15-29-22-7-5-4-6-20(19)22)26(34)30-14-18-8-9-24(21(27)12-18)32-11-10-28-17(32)3/h4-12,15-16,23,29H,13-14H2,1-3H3,(H,30,34)(H,31,33). The fourth-order valence-corrected chi connectivity index (χ4v) is 3.87. The van der Waals surface area contributed by atoms with Gasteiger partial charge < -0.3 is 20.2 Å². The van der Waals surface area contributed by atoms with Crippen LogP contribution < -0.4 is 10.6 Å². The number of amides is 2. The van der Waals surface area contributed by atoms with E-state index in [1.807, 2.05) is 30.5 Å². The normalized spacial score (nSPS) is 12.1. The molecule has 0 bridgehead atoms. The molecule has 0 radical (unpaired) electrons. The third-order valence-corrected chi connectivity index (χ3v) is 5.82. The lowest BCUT2D eigenvalue weighted by molar-refractivity contribution is -0.130. The maximum Gasteiger partial charge on any atom is 0.243 e. The van der Waals surface area contributed by atoms with Gasteiger partial charge >= 0.3 is 0 Å². The molecule has 0 aliphatic carbocycles. The van der Waals surface area contributed by atoms with E-state index in [2.05, 4.69) is 20.6 Å². The number of benzene rings is 2. The van der Waals surface area contributed by atoms with Gasteiger partial charge in [0.2, 0.25) is 11.8 Å². The highest BCUT2D eigenvalue weighted by Crippen LogP contribution is 2.20. The number of hydrogen-bond acceptors (Lipinski definition) is 3. The molecule has 0 aliphatic heterocycles. The second-order valence-electron chi connectivity index (χ2n) is 8.63. The number of aromatic amines is 1. The minimum Gasteiger partial charge on any atom is -0.361 e. The summed E-state index contributed by atoms with van der Waals surface area (Å²) < 4.78 is 16.4. The van der Waals surface area contributed by atoms with E-state index >= 15 is 0 Å². The van der Waals surface area contributed by atoms with Crippen LogP contribution in [0.2, 0.25) is 0 Å². The number of aromatic nitrogens is 3. The number of aryl methyl sites for hydroxylation is 1. The predicted octanol–water partition coefficient (Wildman–Crippen LogP) is 3.80. The van der Waals surface area contributed by atoms with Crippen molar-refractivity contribution in [2.75, 3.05) is 0 Å². The van der Waals surface area contributed by atoms with Crippen molar-refractivity contribution in [3.8, 4) is 5.69 Å². The molecule has 7 nitrogen and oxygen atoms in total. The second-order valence-corrected chi connectivity index (χ2v) is 8.63. The summed E-state index contributed by atoms with van der Waals surface area (Å²) in [4.78, 5) is 32.8. The summed E-state index contributed by atoms with van der Waals surface area (Å²) in [5.41, 5.74) is 2.92. The predicted molar refractivity (Wildman–Crippen MR) is 129 cm³/mol. The number of nitrogens with zero attached hydrogens (tertiary/aromatic N) is 2. The molecule has 2 aromatic heterocycles. The average Bonchev–Trinajstić information content (AvgIpc) is 3.43. The zero-order chi connectivity index (χ0) is 24.2. The highest BCUT2D eigenvalue weighted by molar-refractivity contribution is 5.90. The van der Waals surface area contributed by atoms with Crippen molar-refractivity contribution < 1.29 is 14.0 Å². The SMILES string of the molecule is Cc1nccn1-c1ccc(CNC(=O)C(Cc2c[nH]c3ccccc23)NC(=O)C(C)C)cc1F. The number of para-hydroxylation sites is 1. The Morgan fingerprint density at radius 2 is 1.94 bits per heavy atom. The van der Waals surface area contributed by atoms with Crippen LogP contribution in [-0.4, -0.2) is 32.4 Å². The van der Waals surface area contributed by atoms with Crippen LogP contribution in [0.15, 0.2) is 61.1 Å². The van der Waals surface area contributed by atoms with Crippen LogP contribution in [0.4, 0.5) is 4.39 Å². The molecule has 8 heteroatoms. The lowest BCUT2D eigenvalue weighted by Crippen LogP contribution is -2.48. The smallest absolute Gasteiger partial charge is 0.243 e. The fraction of sp³-hybridized carbons (Fsp3) is 0.269. The molecule has 34 heavy (non-hydrogen) atoms. The Bertz CT molecular complexity index is 1320. The molecule has 0 saturated carbocycles. The molecule has 1 atom stereocenters. The quantitative estimate of drug-likeness (QED) is 0.373. The van der Waals surface area contributed by atoms with Crippen molar-refractivity contribution in [3.05, 3.63) is 83.8 Å². The summed E-state index contributed by atoms with van der Waals surface area (Å²) in [7, 11) is 0. The van der Waals surface area contributed by atoms with Gasteiger partial charge in [0.15, 0.2) is 0 Å². The summed E-state index contributed by atoms with van der Waals surface area (Å²) in [6, 6.07) is 11.9. The molecular formula is C26H28FN5O2. The van der Waals surface area contributed by atoms with Gasteiger partial charge in [0.1, 0.15) is 17.7 Å². The van der Waals surface area contributed by atoms with Gasteiger partial charge in [0.25, 0.3) is 0 Å². The molecule has 0 aliphatic rings. The van der Waals surface area contributed by atoms with Crippen LogP contribution in [0, 0.1) is 18.7 Å². The number of carbonyl (C=O) groups excluding carboxylic acids is 2. The van der Waals surface area contributed by atoms with Crippen LogP contribution in [0.1, 0.15) is 30.8 Å². The molecule has 2 amide bonds. The Kier molecular flexibility index (Phi) is 6.77. The molecule has 2 heterocycles. The number of hydrogen-bond donors (Lipinski definition) is 3. The van der Waals surface area contributed by atoms with E-state index in [1.165, 1.54) is 6.07 Å². The first kappa shape index (κ1) is 23.2. The van der Waals surface area contributed by atoms with Gasteiger partial charge in [-0.1, -0.05) is 38.1 Å². The van der Waals surface area contributed by atoms with Crippen molar-refractivity contribution in [2.45, 2.75) is 39.8 Å². The molecule has 4 aromatic rings. The Balaban J connectivity index is 1.48. The molecule has 0 fully saturated rings. The molecule has 1 unspecified atom stereocenters. The van der Waals surface area contributed by atoms with Gasteiger partial charge in [-0.15, -0.1) is 0 Å². The largest absolute Gasteiger partial charge is 0.361 e. The lowest BCUT2D eigenvalue weighted by Gasteiger charge is -2.20. The van der Waals surface area contributed by atoms with Crippen LogP contribution >= 0.6 is 0 Å². The van der Waals surface area contributed by atoms with E-state index < -0.39 is 11.9 Å². The van der Waals surface area contributed by atoms with Gasteiger partial charge in [-0.3, -0.25) is 9.59 Å². The zero-order valence-corrected chi connectivity index (χ0v) is 19.4. The van der Waals surface area contributed by atoms with Gasteiger partial charge in [0.05, 0.1) is 5.69 Å². The van der Waals surface area contributed by atoms with Crippen molar-refractivity contribution in [3.63, 3.8) is 0 Å². The summed E-state index contributed by atoms with van der Waals surface area (Å²) >= 11 is 0. The Hall–Kier alpha value is -3.94. The van der Waals surface area contributed by atoms with E-state index in [4.69, 9.17) is 0 Å². The number of carbonyl (C=O) groups is 2. The molecule has 4 rings (SSSR count). The first-order valence-electron chi connectivity index (χ1n) is 11.3. The number of fused-ring (bicyclic) bond motifs is 1. The number of nitrogens with one attached hydrogen (secondary N) is 3. The Labute approximate surface area is 197 Å². The summed E-state index contributed by atoms with van der Waals surface area (Å²) in [6.07, 6.45) is 5.50. The third-order valence-electron chi connectivity index (χ3n) is 5.82. The second kappa shape index (κ2) is 9.91. The van der Waals surface area contributed by atoms with Crippen molar-refractivity contribution in [2.24, 2.45) is 5.92 Å². The highest BCUT2D eigenvalue weighted by Gasteiger charge is 2.23. The molecule has 0 saturated heterocycles. The van der Waals surface area contributed by atoms with Crippen LogP contribution in [0.25, 0.3) is 16.6 Å². The Morgan fingerprint density at radius 3 is 2.65 bits per heavy atom. The Morgan fingerprint density at radius 1 is 1.15 bits per heavy atom. The average molecular weight is 462 g/mol. The number of H-pyrrole nitrogens is 1. The topological polar surface area (TPSA) is 91.8 Å².